The summed E-state index contributed by atoms with van der Waals surface area (Å²) >= 11 is 0. The summed E-state index contributed by atoms with van der Waals surface area (Å²) in [6, 6.07) is 8.82. The molecule has 0 spiro atoms. The predicted octanol–water partition coefficient (Wildman–Crippen LogP) is 5.45. The van der Waals surface area contributed by atoms with Crippen molar-refractivity contribution >= 4 is 22.8 Å². The molecule has 0 N–H and O–H groups in total. The van der Waals surface area contributed by atoms with E-state index in [-0.39, 0.29) is 0 Å². The molecular formula is C26H34N4. The lowest BCUT2D eigenvalue weighted by Crippen LogP contribution is -2.45. The number of anilines is 1. The number of aryl methyl sites for hydroxylation is 1. The summed E-state index contributed by atoms with van der Waals surface area (Å²) in [5, 5.41) is 0. The summed E-state index contributed by atoms with van der Waals surface area (Å²) in [5.74, 6) is 1.73. The monoisotopic (exact) mass is 402 g/mol. The highest BCUT2D eigenvalue weighted by molar-refractivity contribution is 6.04. The van der Waals surface area contributed by atoms with E-state index >= 15 is 0 Å². The fourth-order valence-electron chi connectivity index (χ4n) is 4.37. The van der Waals surface area contributed by atoms with Crippen molar-refractivity contribution in [3.05, 3.63) is 59.3 Å². The van der Waals surface area contributed by atoms with E-state index in [0.29, 0.717) is 5.92 Å². The van der Waals surface area contributed by atoms with Crippen LogP contribution in [0.15, 0.2) is 42.0 Å². The van der Waals surface area contributed by atoms with Crippen LogP contribution in [-0.4, -0.2) is 48.8 Å². The molecule has 0 radical (unpaired) electrons. The van der Waals surface area contributed by atoms with Gasteiger partial charge in [-0.05, 0) is 81.0 Å². The number of benzene rings is 1. The van der Waals surface area contributed by atoms with Gasteiger partial charge < -0.3 is 9.80 Å². The second-order valence-corrected chi connectivity index (χ2v) is 8.85. The van der Waals surface area contributed by atoms with Gasteiger partial charge >= 0.3 is 0 Å². The Morgan fingerprint density at radius 2 is 1.90 bits per heavy atom. The number of aliphatic imine (C=N–C) groups is 1. The number of pyridine rings is 1. The Balaban J connectivity index is 1.76. The van der Waals surface area contributed by atoms with Crippen molar-refractivity contribution in [2.75, 3.05) is 38.1 Å². The first-order chi connectivity index (χ1) is 14.5. The van der Waals surface area contributed by atoms with E-state index in [1.54, 1.807) is 0 Å². The van der Waals surface area contributed by atoms with Crippen molar-refractivity contribution in [1.82, 2.24) is 9.88 Å². The normalized spacial score (nSPS) is 18.0. The van der Waals surface area contributed by atoms with Gasteiger partial charge in [-0.2, -0.15) is 0 Å². The van der Waals surface area contributed by atoms with Gasteiger partial charge in [0, 0.05) is 49.2 Å². The second-order valence-electron chi connectivity index (χ2n) is 8.85. The Kier molecular flexibility index (Phi) is 6.05. The van der Waals surface area contributed by atoms with E-state index < -0.39 is 0 Å². The van der Waals surface area contributed by atoms with Crippen LogP contribution in [0.5, 0.6) is 0 Å². The molecule has 4 nitrogen and oxygen atoms in total. The van der Waals surface area contributed by atoms with Gasteiger partial charge in [0.1, 0.15) is 5.82 Å². The Hall–Kier alpha value is -2.46. The molecule has 1 saturated carbocycles. The number of aromatic nitrogens is 1. The van der Waals surface area contributed by atoms with Gasteiger partial charge in [0.25, 0.3) is 0 Å². The van der Waals surface area contributed by atoms with Crippen LogP contribution in [0.1, 0.15) is 61.8 Å². The smallest absolute Gasteiger partial charge is 0.137 e. The number of nitrogens with zero attached hydrogens (tertiary/aromatic N) is 4. The topological polar surface area (TPSA) is 31.7 Å². The summed E-state index contributed by atoms with van der Waals surface area (Å²) < 4.78 is 0. The van der Waals surface area contributed by atoms with E-state index in [1.165, 1.54) is 29.5 Å². The summed E-state index contributed by atoms with van der Waals surface area (Å²) in [6.07, 6.45) is 5.49. The Morgan fingerprint density at radius 1 is 1.17 bits per heavy atom. The first-order valence-corrected chi connectivity index (χ1v) is 11.2. The van der Waals surface area contributed by atoms with Crippen LogP contribution in [0.25, 0.3) is 5.57 Å². The van der Waals surface area contributed by atoms with Crippen LogP contribution in [0.4, 0.5) is 11.5 Å². The minimum absolute atomic E-state index is 0.678. The van der Waals surface area contributed by atoms with Crippen LogP contribution in [0.2, 0.25) is 0 Å². The van der Waals surface area contributed by atoms with Gasteiger partial charge in [-0.15, -0.1) is 0 Å². The van der Waals surface area contributed by atoms with Gasteiger partial charge in [0.05, 0.1) is 5.69 Å². The molecule has 0 bridgehead atoms. The number of piperazine rings is 1. The fourth-order valence-corrected chi connectivity index (χ4v) is 4.37. The number of hydrogen-bond acceptors (Lipinski definition) is 4. The van der Waals surface area contributed by atoms with Crippen molar-refractivity contribution in [2.24, 2.45) is 4.99 Å². The van der Waals surface area contributed by atoms with Crippen LogP contribution in [0.3, 0.4) is 0 Å². The predicted molar refractivity (Wildman–Crippen MR) is 128 cm³/mol. The van der Waals surface area contributed by atoms with Gasteiger partial charge in [-0.25, -0.2) is 4.98 Å². The first kappa shape index (κ1) is 20.8. The molecule has 4 rings (SSSR count). The third kappa shape index (κ3) is 4.34. The van der Waals surface area contributed by atoms with Gasteiger partial charge in [0.15, 0.2) is 0 Å². The number of allylic oxidation sites excluding steroid dienone is 1. The van der Waals surface area contributed by atoms with Crippen molar-refractivity contribution in [1.29, 1.82) is 0 Å². The van der Waals surface area contributed by atoms with Crippen LogP contribution < -0.4 is 4.90 Å². The SMILES string of the molecule is C=C(C)c1c(N=C(C)c2cccnc2N2CCN(C)CC2)cc(CC)cc1C1CC1. The van der Waals surface area contributed by atoms with E-state index in [9.17, 15) is 0 Å². The molecule has 0 atom stereocenters. The molecule has 1 aromatic carbocycles. The zero-order chi connectivity index (χ0) is 21.3. The van der Waals surface area contributed by atoms with E-state index in [0.717, 1.165) is 61.0 Å². The minimum atomic E-state index is 0.678. The van der Waals surface area contributed by atoms with Crippen molar-refractivity contribution in [2.45, 2.75) is 46.0 Å². The largest absolute Gasteiger partial charge is 0.354 e. The maximum atomic E-state index is 5.18. The summed E-state index contributed by atoms with van der Waals surface area (Å²) in [7, 11) is 2.18. The number of likely N-dealkylation sites (N-methyl/N-ethyl adjacent to an activating group) is 1. The summed E-state index contributed by atoms with van der Waals surface area (Å²) in [4.78, 5) is 14.7. The van der Waals surface area contributed by atoms with Gasteiger partial charge in [-0.3, -0.25) is 4.99 Å². The fraction of sp³-hybridized carbons (Fsp3) is 0.462. The zero-order valence-electron chi connectivity index (χ0n) is 18.9. The molecule has 2 aliphatic rings. The van der Waals surface area contributed by atoms with Crippen molar-refractivity contribution in [3.8, 4) is 0 Å². The number of hydrogen-bond donors (Lipinski definition) is 0. The molecule has 2 aromatic rings. The lowest BCUT2D eigenvalue weighted by molar-refractivity contribution is 0.312. The third-order valence-corrected chi connectivity index (χ3v) is 6.33. The highest BCUT2D eigenvalue weighted by Crippen LogP contribution is 2.46. The molecule has 0 amide bonds. The molecular weight excluding hydrogens is 368 g/mol. The van der Waals surface area contributed by atoms with Crippen molar-refractivity contribution in [3.63, 3.8) is 0 Å². The van der Waals surface area contributed by atoms with Gasteiger partial charge in [0.2, 0.25) is 0 Å². The molecule has 1 aliphatic carbocycles. The average Bonchev–Trinajstić information content (AvgIpc) is 3.59. The molecule has 2 heterocycles. The first-order valence-electron chi connectivity index (χ1n) is 11.2. The molecule has 4 heteroatoms. The zero-order valence-corrected chi connectivity index (χ0v) is 18.9. The molecule has 1 aliphatic heterocycles. The quantitative estimate of drug-likeness (QED) is 0.602. The third-order valence-electron chi connectivity index (χ3n) is 6.33. The number of rotatable bonds is 6. The van der Waals surface area contributed by atoms with Crippen LogP contribution in [-0.2, 0) is 6.42 Å². The molecule has 1 saturated heterocycles. The lowest BCUT2D eigenvalue weighted by atomic mass is 9.93. The Bertz CT molecular complexity index is 963. The van der Waals surface area contributed by atoms with E-state index in [1.807, 2.05) is 12.3 Å². The summed E-state index contributed by atoms with van der Waals surface area (Å²) in [5.41, 5.74) is 8.38. The van der Waals surface area contributed by atoms with E-state index in [4.69, 9.17) is 9.98 Å². The molecule has 2 fully saturated rings. The minimum Gasteiger partial charge on any atom is -0.354 e. The molecule has 158 valence electrons. The lowest BCUT2D eigenvalue weighted by Gasteiger charge is -2.34. The molecule has 1 aromatic heterocycles. The average molecular weight is 403 g/mol. The maximum Gasteiger partial charge on any atom is 0.137 e. The van der Waals surface area contributed by atoms with Crippen molar-refractivity contribution < 1.29 is 0 Å². The van der Waals surface area contributed by atoms with Gasteiger partial charge in [-0.1, -0.05) is 19.6 Å². The molecule has 30 heavy (non-hydrogen) atoms. The Labute approximate surface area is 181 Å². The second kappa shape index (κ2) is 8.73. The highest BCUT2D eigenvalue weighted by atomic mass is 15.3. The van der Waals surface area contributed by atoms with E-state index in [2.05, 4.69) is 62.4 Å². The highest BCUT2D eigenvalue weighted by Gasteiger charge is 2.28. The molecule has 0 unspecified atom stereocenters. The Morgan fingerprint density at radius 3 is 2.53 bits per heavy atom. The summed E-state index contributed by atoms with van der Waals surface area (Å²) in [6.45, 7) is 14.9. The van der Waals surface area contributed by atoms with Crippen LogP contribution in [0, 0.1) is 0 Å². The van der Waals surface area contributed by atoms with Crippen LogP contribution >= 0.6 is 0 Å². The maximum absolute atomic E-state index is 5.18. The standard InChI is InChI=1S/C26H34N4/c1-6-20-16-23(21-9-10-21)25(18(2)3)24(17-20)28-19(4)22-8-7-11-27-26(22)30-14-12-29(5)13-15-30/h7-8,11,16-17,21H,2,6,9-10,12-15H2,1,3-5H3.